The number of carbonyl (C=O) groups is 4. The van der Waals surface area contributed by atoms with E-state index in [0.29, 0.717) is 5.75 Å². The average molecular weight is 529 g/mol. The molecule has 5 N–H and O–H groups in total. The molecule has 200 valence electrons. The van der Waals surface area contributed by atoms with Crippen molar-refractivity contribution in [1.29, 1.82) is 0 Å². The Kier molecular flexibility index (Phi) is 12.7. The molecule has 2 rings (SSSR count). The van der Waals surface area contributed by atoms with Gasteiger partial charge < -0.3 is 26.4 Å². The van der Waals surface area contributed by atoms with Gasteiger partial charge in [-0.1, -0.05) is 74.5 Å². The molecule has 9 nitrogen and oxygen atoms in total. The van der Waals surface area contributed by atoms with E-state index < -0.39 is 41.8 Å². The number of nitrogens with two attached hydrogens (primary N) is 1. The zero-order valence-corrected chi connectivity index (χ0v) is 22.3. The highest BCUT2D eigenvalue weighted by molar-refractivity contribution is 7.98. The van der Waals surface area contributed by atoms with Crippen LogP contribution in [0.15, 0.2) is 60.7 Å². The van der Waals surface area contributed by atoms with E-state index in [1.54, 1.807) is 13.8 Å². The Balaban J connectivity index is 2.03. The maximum absolute atomic E-state index is 13.1. The maximum atomic E-state index is 13.1. The molecule has 0 aromatic heterocycles. The van der Waals surface area contributed by atoms with Gasteiger partial charge in [0.2, 0.25) is 17.7 Å². The highest BCUT2D eigenvalue weighted by Gasteiger charge is 2.29. The number of nitrogens with one attached hydrogen (secondary N) is 3. The fraction of sp³-hybridized carbons (Fsp3) is 0.407. The first-order valence-corrected chi connectivity index (χ1v) is 13.3. The summed E-state index contributed by atoms with van der Waals surface area (Å²) in [6.45, 7) is 4.83. The monoisotopic (exact) mass is 528 g/mol. The van der Waals surface area contributed by atoms with Crippen LogP contribution < -0.4 is 21.7 Å². The molecule has 3 atom stereocenters. The SMILES string of the molecule is CC(N)C(=O)NCC(=O)NC(C(=O)NC(CSCc1ccccc1)C(=O)OCc1ccccc1)C(C)C. The fourth-order valence-corrected chi connectivity index (χ4v) is 4.22. The van der Waals surface area contributed by atoms with Crippen molar-refractivity contribution < 1.29 is 23.9 Å². The van der Waals surface area contributed by atoms with Crippen LogP contribution in [-0.2, 0) is 36.3 Å². The van der Waals surface area contributed by atoms with Crippen molar-refractivity contribution in [3.8, 4) is 0 Å². The Morgan fingerprint density at radius 1 is 0.865 bits per heavy atom. The summed E-state index contributed by atoms with van der Waals surface area (Å²) in [5.74, 6) is -1.41. The quantitative estimate of drug-likeness (QED) is 0.274. The third-order valence-electron chi connectivity index (χ3n) is 5.32. The molecule has 0 heterocycles. The minimum atomic E-state index is -0.916. The summed E-state index contributed by atoms with van der Waals surface area (Å²) in [6, 6.07) is 16.5. The van der Waals surface area contributed by atoms with Gasteiger partial charge in [-0.2, -0.15) is 11.8 Å². The molecule has 0 fully saturated rings. The maximum Gasteiger partial charge on any atom is 0.329 e. The van der Waals surface area contributed by atoms with Crippen LogP contribution in [0.2, 0.25) is 0 Å². The van der Waals surface area contributed by atoms with E-state index in [-0.39, 0.29) is 24.8 Å². The lowest BCUT2D eigenvalue weighted by atomic mass is 10.0. The Bertz CT molecular complexity index is 1020. The second kappa shape index (κ2) is 15.7. The molecule has 0 bridgehead atoms. The minimum absolute atomic E-state index is 0.0823. The van der Waals surface area contributed by atoms with Crippen LogP contribution in [0, 0.1) is 5.92 Å². The zero-order valence-electron chi connectivity index (χ0n) is 21.4. The topological polar surface area (TPSA) is 140 Å². The van der Waals surface area contributed by atoms with Crippen molar-refractivity contribution >= 4 is 35.5 Å². The smallest absolute Gasteiger partial charge is 0.329 e. The third-order valence-corrected chi connectivity index (χ3v) is 6.43. The molecule has 0 saturated heterocycles. The lowest BCUT2D eigenvalue weighted by molar-refractivity contribution is -0.148. The number of hydrogen-bond acceptors (Lipinski definition) is 7. The van der Waals surface area contributed by atoms with Gasteiger partial charge in [0.05, 0.1) is 12.6 Å². The van der Waals surface area contributed by atoms with Gasteiger partial charge >= 0.3 is 5.97 Å². The number of rotatable bonds is 14. The number of hydrogen-bond donors (Lipinski definition) is 4. The van der Waals surface area contributed by atoms with Gasteiger partial charge in [0.15, 0.2) is 0 Å². The molecule has 10 heteroatoms. The summed E-state index contributed by atoms with van der Waals surface area (Å²) in [4.78, 5) is 50.1. The summed E-state index contributed by atoms with van der Waals surface area (Å²) in [7, 11) is 0. The van der Waals surface area contributed by atoms with Crippen LogP contribution >= 0.6 is 11.8 Å². The Morgan fingerprint density at radius 3 is 2.03 bits per heavy atom. The van der Waals surface area contributed by atoms with Gasteiger partial charge in [0.1, 0.15) is 18.7 Å². The number of esters is 1. The number of carbonyl (C=O) groups excluding carboxylic acids is 4. The summed E-state index contributed by atoms with van der Waals surface area (Å²) >= 11 is 1.49. The van der Waals surface area contributed by atoms with Crippen LogP contribution in [0.4, 0.5) is 0 Å². The van der Waals surface area contributed by atoms with E-state index in [1.807, 2.05) is 60.7 Å². The number of ether oxygens (including phenoxy) is 1. The predicted octanol–water partition coefficient (Wildman–Crippen LogP) is 1.75. The van der Waals surface area contributed by atoms with Gasteiger partial charge in [-0.3, -0.25) is 14.4 Å². The molecule has 0 aliphatic heterocycles. The molecule has 3 unspecified atom stereocenters. The summed E-state index contributed by atoms with van der Waals surface area (Å²) < 4.78 is 5.49. The standard InChI is InChI=1S/C27H36N4O5S/c1-18(2)24(31-23(32)14-29-25(33)19(3)28)26(34)30-22(17-37-16-21-12-8-5-9-13-21)27(35)36-15-20-10-6-4-7-11-20/h4-13,18-19,22,24H,14-17,28H2,1-3H3,(H,29,33)(H,30,34)(H,31,32). The van der Waals surface area contributed by atoms with E-state index in [4.69, 9.17) is 10.5 Å². The second-order valence-electron chi connectivity index (χ2n) is 8.95. The Labute approximate surface area is 222 Å². The first kappa shape index (κ1) is 29.9. The van der Waals surface area contributed by atoms with Crippen molar-refractivity contribution in [1.82, 2.24) is 16.0 Å². The van der Waals surface area contributed by atoms with Crippen molar-refractivity contribution in [3.63, 3.8) is 0 Å². The summed E-state index contributed by atoms with van der Waals surface area (Å²) in [5.41, 5.74) is 7.41. The molecular formula is C27H36N4O5S. The van der Waals surface area contributed by atoms with Crippen LogP contribution in [0.5, 0.6) is 0 Å². The normalized spacial score (nSPS) is 13.2. The number of thioether (sulfide) groups is 1. The van der Waals surface area contributed by atoms with Crippen molar-refractivity contribution in [3.05, 3.63) is 71.8 Å². The molecule has 0 radical (unpaired) electrons. The second-order valence-corrected chi connectivity index (χ2v) is 9.98. The lowest BCUT2D eigenvalue weighted by Crippen LogP contribution is -2.56. The van der Waals surface area contributed by atoms with Gasteiger partial charge in [0, 0.05) is 11.5 Å². The molecule has 2 aromatic rings. The first-order chi connectivity index (χ1) is 17.7. The van der Waals surface area contributed by atoms with E-state index >= 15 is 0 Å². The van der Waals surface area contributed by atoms with Gasteiger partial charge in [-0.25, -0.2) is 4.79 Å². The number of benzene rings is 2. The highest BCUT2D eigenvalue weighted by Crippen LogP contribution is 2.15. The van der Waals surface area contributed by atoms with E-state index in [1.165, 1.54) is 18.7 Å². The predicted molar refractivity (Wildman–Crippen MR) is 144 cm³/mol. The lowest BCUT2D eigenvalue weighted by Gasteiger charge is -2.25. The highest BCUT2D eigenvalue weighted by atomic mass is 32.2. The molecule has 37 heavy (non-hydrogen) atoms. The Hall–Kier alpha value is -3.37. The van der Waals surface area contributed by atoms with E-state index in [2.05, 4.69) is 16.0 Å². The molecule has 0 saturated carbocycles. The van der Waals surface area contributed by atoms with Crippen molar-refractivity contribution in [2.75, 3.05) is 12.3 Å². The molecule has 3 amide bonds. The average Bonchev–Trinajstić information content (AvgIpc) is 2.89. The van der Waals surface area contributed by atoms with Crippen LogP contribution in [0.1, 0.15) is 31.9 Å². The largest absolute Gasteiger partial charge is 0.459 e. The molecule has 0 aliphatic carbocycles. The van der Waals surface area contributed by atoms with Crippen LogP contribution in [0.25, 0.3) is 0 Å². The van der Waals surface area contributed by atoms with E-state index in [0.717, 1.165) is 11.1 Å². The van der Waals surface area contributed by atoms with Crippen molar-refractivity contribution in [2.45, 2.75) is 51.3 Å². The molecule has 2 aromatic carbocycles. The summed E-state index contributed by atoms with van der Waals surface area (Å²) in [6.07, 6.45) is 0. The fourth-order valence-electron chi connectivity index (χ4n) is 3.22. The van der Waals surface area contributed by atoms with Gasteiger partial charge in [0.25, 0.3) is 0 Å². The van der Waals surface area contributed by atoms with E-state index in [9.17, 15) is 19.2 Å². The first-order valence-electron chi connectivity index (χ1n) is 12.1. The molecule has 0 spiro atoms. The van der Waals surface area contributed by atoms with Gasteiger partial charge in [-0.05, 0) is 24.0 Å². The number of amides is 3. The molecular weight excluding hydrogens is 492 g/mol. The van der Waals surface area contributed by atoms with Crippen molar-refractivity contribution in [2.24, 2.45) is 11.7 Å². The Morgan fingerprint density at radius 2 is 1.46 bits per heavy atom. The molecule has 0 aliphatic rings. The zero-order chi connectivity index (χ0) is 27.2. The van der Waals surface area contributed by atoms with Gasteiger partial charge in [-0.15, -0.1) is 0 Å². The third kappa shape index (κ3) is 11.1. The summed E-state index contributed by atoms with van der Waals surface area (Å²) in [5, 5.41) is 7.80. The van der Waals surface area contributed by atoms with Crippen LogP contribution in [0.3, 0.4) is 0 Å². The van der Waals surface area contributed by atoms with Crippen LogP contribution in [-0.4, -0.2) is 54.1 Å². The minimum Gasteiger partial charge on any atom is -0.459 e.